The number of amides is 1. The minimum Gasteiger partial charge on any atom is -0.497 e. The maximum Gasteiger partial charge on any atom is 0.269 e. The van der Waals surface area contributed by atoms with Gasteiger partial charge in [0.05, 0.1) is 32.2 Å². The van der Waals surface area contributed by atoms with Crippen LogP contribution < -0.4 is 14.8 Å². The zero-order valence-corrected chi connectivity index (χ0v) is 16.0. The highest BCUT2D eigenvalue weighted by molar-refractivity contribution is 5.93. The number of nitrogens with zero attached hydrogens (tertiary/aromatic N) is 2. The topological polar surface area (TPSA) is 105 Å². The first-order valence-electron chi connectivity index (χ1n) is 9.30. The minimum atomic E-state index is -0.229. The molecule has 3 aromatic rings. The summed E-state index contributed by atoms with van der Waals surface area (Å²) in [6, 6.07) is 7.15. The van der Waals surface area contributed by atoms with E-state index in [2.05, 4.69) is 25.7 Å². The van der Waals surface area contributed by atoms with Gasteiger partial charge in [0.15, 0.2) is 0 Å². The van der Waals surface area contributed by atoms with E-state index in [0.29, 0.717) is 29.4 Å². The normalized spacial score (nSPS) is 13.1. The number of aromatic nitrogens is 4. The second-order valence-electron chi connectivity index (χ2n) is 6.75. The SMILES string of the molecule is COc1ccc(OC)c(-c2cc(C(=O)NCc3n[nH]c4c3CCCC4)[nH]n2)c1. The number of methoxy groups -OCH3 is 2. The number of aromatic amines is 2. The summed E-state index contributed by atoms with van der Waals surface area (Å²) < 4.78 is 10.7. The monoisotopic (exact) mass is 381 g/mol. The molecule has 0 saturated heterocycles. The molecule has 0 radical (unpaired) electrons. The summed E-state index contributed by atoms with van der Waals surface area (Å²) >= 11 is 0. The second kappa shape index (κ2) is 7.75. The number of hydrogen-bond acceptors (Lipinski definition) is 5. The lowest BCUT2D eigenvalue weighted by Crippen LogP contribution is -2.24. The van der Waals surface area contributed by atoms with Crippen LogP contribution >= 0.6 is 0 Å². The van der Waals surface area contributed by atoms with Crippen molar-refractivity contribution in [3.63, 3.8) is 0 Å². The Kier molecular flexibility index (Phi) is 5.01. The van der Waals surface area contributed by atoms with Crippen LogP contribution in [0.3, 0.4) is 0 Å². The van der Waals surface area contributed by atoms with Crippen molar-refractivity contribution in [2.75, 3.05) is 14.2 Å². The smallest absolute Gasteiger partial charge is 0.269 e. The number of carbonyl (C=O) groups excluding carboxylic acids is 1. The average molecular weight is 381 g/mol. The molecular formula is C20H23N5O3. The Balaban J connectivity index is 1.48. The highest BCUT2D eigenvalue weighted by Crippen LogP contribution is 2.32. The summed E-state index contributed by atoms with van der Waals surface area (Å²) in [4.78, 5) is 12.6. The van der Waals surface area contributed by atoms with Crippen LogP contribution in [0.15, 0.2) is 24.3 Å². The lowest BCUT2D eigenvalue weighted by atomic mass is 9.96. The van der Waals surface area contributed by atoms with Gasteiger partial charge in [0.1, 0.15) is 17.2 Å². The fourth-order valence-electron chi connectivity index (χ4n) is 3.55. The van der Waals surface area contributed by atoms with Crippen LogP contribution in [-0.2, 0) is 19.4 Å². The van der Waals surface area contributed by atoms with Gasteiger partial charge in [-0.2, -0.15) is 10.2 Å². The Bertz CT molecular complexity index is 992. The third-order valence-electron chi connectivity index (χ3n) is 5.06. The second-order valence-corrected chi connectivity index (χ2v) is 6.75. The van der Waals surface area contributed by atoms with E-state index < -0.39 is 0 Å². The van der Waals surface area contributed by atoms with Crippen molar-refractivity contribution in [3.05, 3.63) is 46.9 Å². The van der Waals surface area contributed by atoms with Gasteiger partial charge in [-0.3, -0.25) is 15.0 Å². The van der Waals surface area contributed by atoms with Crippen LogP contribution in [0.25, 0.3) is 11.3 Å². The van der Waals surface area contributed by atoms with Crippen LogP contribution in [-0.4, -0.2) is 40.5 Å². The molecule has 0 aliphatic heterocycles. The fraction of sp³-hybridized carbons (Fsp3) is 0.350. The maximum atomic E-state index is 12.6. The van der Waals surface area contributed by atoms with Crippen molar-refractivity contribution in [1.29, 1.82) is 0 Å². The third-order valence-corrected chi connectivity index (χ3v) is 5.06. The van der Waals surface area contributed by atoms with Crippen molar-refractivity contribution >= 4 is 5.91 Å². The number of aryl methyl sites for hydroxylation is 1. The molecule has 0 bridgehead atoms. The van der Waals surface area contributed by atoms with E-state index in [4.69, 9.17) is 9.47 Å². The number of benzene rings is 1. The zero-order chi connectivity index (χ0) is 19.5. The van der Waals surface area contributed by atoms with Crippen molar-refractivity contribution < 1.29 is 14.3 Å². The molecule has 28 heavy (non-hydrogen) atoms. The van der Waals surface area contributed by atoms with Crippen molar-refractivity contribution in [2.24, 2.45) is 0 Å². The molecule has 1 amide bonds. The molecule has 3 N–H and O–H groups in total. The molecule has 4 rings (SSSR count). The summed E-state index contributed by atoms with van der Waals surface area (Å²) in [5.41, 5.74) is 5.10. The van der Waals surface area contributed by atoms with Gasteiger partial charge >= 0.3 is 0 Å². The molecule has 2 heterocycles. The number of rotatable bonds is 6. The lowest BCUT2D eigenvalue weighted by Gasteiger charge is -2.11. The number of nitrogens with one attached hydrogen (secondary N) is 3. The zero-order valence-electron chi connectivity index (χ0n) is 16.0. The van der Waals surface area contributed by atoms with E-state index in [0.717, 1.165) is 24.1 Å². The van der Waals surface area contributed by atoms with Gasteiger partial charge in [-0.05, 0) is 55.5 Å². The van der Waals surface area contributed by atoms with Crippen LogP contribution in [0.5, 0.6) is 11.5 Å². The summed E-state index contributed by atoms with van der Waals surface area (Å²) in [7, 11) is 3.19. The quantitative estimate of drug-likeness (QED) is 0.609. The Morgan fingerprint density at radius 1 is 1.11 bits per heavy atom. The largest absolute Gasteiger partial charge is 0.497 e. The molecule has 1 aliphatic carbocycles. The number of H-pyrrole nitrogens is 2. The molecule has 1 aromatic carbocycles. The molecule has 0 spiro atoms. The predicted molar refractivity (Wildman–Crippen MR) is 104 cm³/mol. The van der Waals surface area contributed by atoms with E-state index in [1.165, 1.54) is 24.1 Å². The van der Waals surface area contributed by atoms with Crippen LogP contribution in [0.2, 0.25) is 0 Å². The Morgan fingerprint density at radius 3 is 2.79 bits per heavy atom. The standard InChI is InChI=1S/C20H23N5O3/c1-27-12-7-8-19(28-2)14(9-12)16-10-17(24-23-16)20(26)21-11-18-13-5-3-4-6-15(13)22-25-18/h7-10H,3-6,11H2,1-2H3,(H,21,26)(H,22,25)(H,23,24). The molecule has 8 heteroatoms. The summed E-state index contributed by atoms with van der Waals surface area (Å²) in [5, 5.41) is 17.4. The van der Waals surface area contributed by atoms with Gasteiger partial charge in [-0.1, -0.05) is 0 Å². The fourth-order valence-corrected chi connectivity index (χ4v) is 3.55. The van der Waals surface area contributed by atoms with Crippen molar-refractivity contribution in [3.8, 4) is 22.8 Å². The minimum absolute atomic E-state index is 0.229. The van der Waals surface area contributed by atoms with Crippen molar-refractivity contribution in [2.45, 2.75) is 32.2 Å². The first-order chi connectivity index (χ1) is 13.7. The maximum absolute atomic E-state index is 12.6. The number of fused-ring (bicyclic) bond motifs is 1. The molecule has 1 aliphatic rings. The van der Waals surface area contributed by atoms with Gasteiger partial charge in [0.2, 0.25) is 0 Å². The molecular weight excluding hydrogens is 358 g/mol. The van der Waals surface area contributed by atoms with Crippen LogP contribution in [0.4, 0.5) is 0 Å². The molecule has 0 saturated carbocycles. The highest BCUT2D eigenvalue weighted by Gasteiger charge is 2.19. The number of ether oxygens (including phenoxy) is 2. The van der Waals surface area contributed by atoms with E-state index in [-0.39, 0.29) is 5.91 Å². The Labute approximate surface area is 162 Å². The van der Waals surface area contributed by atoms with Gasteiger partial charge in [0.25, 0.3) is 5.91 Å². The first kappa shape index (κ1) is 18.1. The van der Waals surface area contributed by atoms with Crippen LogP contribution in [0, 0.1) is 0 Å². The van der Waals surface area contributed by atoms with Gasteiger partial charge in [-0.15, -0.1) is 0 Å². The number of hydrogen-bond donors (Lipinski definition) is 3. The third kappa shape index (κ3) is 3.45. The predicted octanol–water partition coefficient (Wildman–Crippen LogP) is 2.63. The van der Waals surface area contributed by atoms with Crippen molar-refractivity contribution in [1.82, 2.24) is 25.7 Å². The summed E-state index contributed by atoms with van der Waals surface area (Å²) in [6.07, 6.45) is 4.40. The van der Waals surface area contributed by atoms with Gasteiger partial charge < -0.3 is 14.8 Å². The molecule has 0 unspecified atom stereocenters. The molecule has 146 valence electrons. The molecule has 0 fully saturated rings. The summed E-state index contributed by atoms with van der Waals surface area (Å²) in [6.45, 7) is 0.390. The van der Waals surface area contributed by atoms with Gasteiger partial charge in [0, 0.05) is 11.3 Å². The van der Waals surface area contributed by atoms with Crippen LogP contribution in [0.1, 0.15) is 40.3 Å². The first-order valence-corrected chi connectivity index (χ1v) is 9.30. The molecule has 8 nitrogen and oxygen atoms in total. The van der Waals surface area contributed by atoms with E-state index >= 15 is 0 Å². The molecule has 2 aromatic heterocycles. The van der Waals surface area contributed by atoms with E-state index in [1.807, 2.05) is 18.2 Å². The average Bonchev–Trinajstić information content (AvgIpc) is 3.39. The number of carbonyl (C=O) groups is 1. The highest BCUT2D eigenvalue weighted by atomic mass is 16.5. The van der Waals surface area contributed by atoms with E-state index in [9.17, 15) is 4.79 Å². The molecule has 0 atom stereocenters. The Morgan fingerprint density at radius 2 is 1.96 bits per heavy atom. The van der Waals surface area contributed by atoms with E-state index in [1.54, 1.807) is 20.3 Å². The lowest BCUT2D eigenvalue weighted by molar-refractivity contribution is 0.0945. The van der Waals surface area contributed by atoms with Gasteiger partial charge in [-0.25, -0.2) is 0 Å². The summed E-state index contributed by atoms with van der Waals surface area (Å²) in [5.74, 6) is 1.11. The Hall–Kier alpha value is -3.29.